The van der Waals surface area contributed by atoms with Gasteiger partial charge in [-0.25, -0.2) is 4.98 Å². The molecule has 0 saturated carbocycles. The highest BCUT2D eigenvalue weighted by Crippen LogP contribution is 2.28. The molecule has 5 rings (SSSR count). The highest BCUT2D eigenvalue weighted by Gasteiger charge is 2.17. The van der Waals surface area contributed by atoms with Gasteiger partial charge in [-0.15, -0.1) is 21.5 Å². The third-order valence-electron chi connectivity index (χ3n) is 5.13. The number of unbranched alkanes of at least 4 members (excludes halogenated alkanes) is 2. The molecule has 5 aromatic rings. The number of hydrogen-bond donors (Lipinski definition) is 0. The van der Waals surface area contributed by atoms with E-state index in [0.717, 1.165) is 46.2 Å². The van der Waals surface area contributed by atoms with Crippen molar-refractivity contribution in [2.75, 3.05) is 0 Å². The van der Waals surface area contributed by atoms with Crippen molar-refractivity contribution in [1.29, 1.82) is 0 Å². The van der Waals surface area contributed by atoms with Gasteiger partial charge in [0.15, 0.2) is 5.16 Å². The highest BCUT2D eigenvalue weighted by atomic mass is 32.2. The van der Waals surface area contributed by atoms with Crippen LogP contribution in [0.3, 0.4) is 0 Å². The molecule has 0 N–H and O–H groups in total. The summed E-state index contributed by atoms with van der Waals surface area (Å²) in [6, 6.07) is 9.57. The second kappa shape index (κ2) is 8.68. The molecule has 158 valence electrons. The molecule has 9 heteroatoms. The van der Waals surface area contributed by atoms with E-state index >= 15 is 0 Å². The molecule has 4 heterocycles. The van der Waals surface area contributed by atoms with E-state index in [9.17, 15) is 4.79 Å². The van der Waals surface area contributed by atoms with Crippen LogP contribution in [0.5, 0.6) is 0 Å². The van der Waals surface area contributed by atoms with Crippen LogP contribution in [0, 0.1) is 0 Å². The van der Waals surface area contributed by atoms with Crippen molar-refractivity contribution in [2.45, 2.75) is 43.6 Å². The molecular formula is C22H21N5O2S2. The van der Waals surface area contributed by atoms with Crippen LogP contribution in [0.15, 0.2) is 62.6 Å². The largest absolute Gasteiger partial charge is 0.472 e. The molecule has 0 aliphatic rings. The van der Waals surface area contributed by atoms with Crippen LogP contribution >= 0.6 is 23.1 Å². The lowest BCUT2D eigenvalue weighted by Crippen LogP contribution is -2.23. The number of aryl methyl sites for hydroxylation is 1. The van der Waals surface area contributed by atoms with E-state index in [-0.39, 0.29) is 5.56 Å². The molecule has 0 atom stereocenters. The summed E-state index contributed by atoms with van der Waals surface area (Å²) in [5, 5.41) is 13.2. The van der Waals surface area contributed by atoms with E-state index in [4.69, 9.17) is 9.40 Å². The van der Waals surface area contributed by atoms with Crippen molar-refractivity contribution < 1.29 is 4.42 Å². The van der Waals surface area contributed by atoms with E-state index in [1.165, 1.54) is 0 Å². The van der Waals surface area contributed by atoms with Gasteiger partial charge in [-0.3, -0.25) is 13.8 Å². The molecule has 0 aliphatic heterocycles. The predicted molar refractivity (Wildman–Crippen MR) is 124 cm³/mol. The van der Waals surface area contributed by atoms with E-state index in [0.29, 0.717) is 23.5 Å². The van der Waals surface area contributed by atoms with E-state index < -0.39 is 0 Å². The lowest BCUT2D eigenvalue weighted by molar-refractivity contribution is 0.568. The lowest BCUT2D eigenvalue weighted by atomic mass is 10.2. The second-order valence-electron chi connectivity index (χ2n) is 7.24. The molecule has 0 saturated heterocycles. The number of furan rings is 1. The van der Waals surface area contributed by atoms with Gasteiger partial charge < -0.3 is 4.42 Å². The van der Waals surface area contributed by atoms with Crippen molar-refractivity contribution in [1.82, 2.24) is 24.1 Å². The first-order valence-electron chi connectivity index (χ1n) is 10.2. The SMILES string of the molecule is CCCCCn1c(=O)c2ccccc2n2c(SCc3csc(-c4ccoc4)n3)nnc12. The van der Waals surface area contributed by atoms with Gasteiger partial charge in [-0.2, -0.15) is 0 Å². The van der Waals surface area contributed by atoms with Gasteiger partial charge >= 0.3 is 0 Å². The van der Waals surface area contributed by atoms with Gasteiger partial charge in [0, 0.05) is 23.2 Å². The fourth-order valence-electron chi connectivity index (χ4n) is 3.58. The zero-order chi connectivity index (χ0) is 21.2. The molecule has 0 fully saturated rings. The summed E-state index contributed by atoms with van der Waals surface area (Å²) in [6.45, 7) is 2.80. The summed E-state index contributed by atoms with van der Waals surface area (Å²) in [6.07, 6.45) is 6.46. The molecule has 0 aliphatic carbocycles. The number of nitrogens with zero attached hydrogens (tertiary/aromatic N) is 5. The fourth-order valence-corrected chi connectivity index (χ4v) is 5.32. The molecule has 0 spiro atoms. The topological polar surface area (TPSA) is 78.2 Å². The number of thioether (sulfide) groups is 1. The van der Waals surface area contributed by atoms with E-state index in [1.807, 2.05) is 34.7 Å². The van der Waals surface area contributed by atoms with Crippen molar-refractivity contribution in [3.8, 4) is 10.6 Å². The molecule has 4 aromatic heterocycles. The highest BCUT2D eigenvalue weighted by molar-refractivity contribution is 7.98. The van der Waals surface area contributed by atoms with Crippen LogP contribution < -0.4 is 5.56 Å². The van der Waals surface area contributed by atoms with Gasteiger partial charge in [-0.05, 0) is 24.6 Å². The summed E-state index contributed by atoms with van der Waals surface area (Å²) in [7, 11) is 0. The van der Waals surface area contributed by atoms with Crippen LogP contribution in [0.25, 0.3) is 27.3 Å². The summed E-state index contributed by atoms with van der Waals surface area (Å²) in [5.41, 5.74) is 2.78. The van der Waals surface area contributed by atoms with Crippen LogP contribution in [0.4, 0.5) is 0 Å². The lowest BCUT2D eigenvalue weighted by Gasteiger charge is -2.11. The van der Waals surface area contributed by atoms with Gasteiger partial charge in [0.1, 0.15) is 11.3 Å². The van der Waals surface area contributed by atoms with Gasteiger partial charge in [-0.1, -0.05) is 43.7 Å². The maximum Gasteiger partial charge on any atom is 0.262 e. The van der Waals surface area contributed by atoms with Crippen molar-refractivity contribution in [3.63, 3.8) is 0 Å². The molecule has 0 amide bonds. The Morgan fingerprint density at radius 3 is 2.90 bits per heavy atom. The van der Waals surface area contributed by atoms with E-state index in [1.54, 1.807) is 40.2 Å². The number of hydrogen-bond acceptors (Lipinski definition) is 7. The minimum Gasteiger partial charge on any atom is -0.472 e. The Kier molecular flexibility index (Phi) is 5.61. The van der Waals surface area contributed by atoms with Crippen molar-refractivity contribution in [3.05, 3.63) is 64.3 Å². The quantitative estimate of drug-likeness (QED) is 0.237. The second-order valence-corrected chi connectivity index (χ2v) is 9.04. The van der Waals surface area contributed by atoms with Crippen molar-refractivity contribution in [2.24, 2.45) is 0 Å². The average molecular weight is 452 g/mol. The molecule has 0 radical (unpaired) electrons. The van der Waals surface area contributed by atoms with Crippen LogP contribution in [0.2, 0.25) is 0 Å². The normalized spacial score (nSPS) is 11.6. The minimum absolute atomic E-state index is 0.00703. The molecule has 0 bridgehead atoms. The Morgan fingerprint density at radius 1 is 1.16 bits per heavy atom. The van der Waals surface area contributed by atoms with E-state index in [2.05, 4.69) is 22.5 Å². The number of aromatic nitrogens is 5. The number of rotatable bonds is 8. The minimum atomic E-state index is -0.00703. The van der Waals surface area contributed by atoms with Crippen LogP contribution in [-0.2, 0) is 12.3 Å². The Bertz CT molecular complexity index is 1380. The maximum atomic E-state index is 13.1. The summed E-state index contributed by atoms with van der Waals surface area (Å²) in [4.78, 5) is 17.8. The van der Waals surface area contributed by atoms with Crippen LogP contribution in [0.1, 0.15) is 31.9 Å². The molecular weight excluding hydrogens is 430 g/mol. The molecule has 7 nitrogen and oxygen atoms in total. The Morgan fingerprint density at radius 2 is 2.06 bits per heavy atom. The van der Waals surface area contributed by atoms with Crippen molar-refractivity contribution >= 4 is 39.8 Å². The number of benzene rings is 1. The maximum absolute atomic E-state index is 13.1. The number of para-hydroxylation sites is 1. The third-order valence-corrected chi connectivity index (χ3v) is 7.04. The predicted octanol–water partition coefficient (Wildman–Crippen LogP) is 5.24. The zero-order valence-corrected chi connectivity index (χ0v) is 18.7. The van der Waals surface area contributed by atoms with Gasteiger partial charge in [0.05, 0.1) is 22.9 Å². The molecule has 1 aromatic carbocycles. The van der Waals surface area contributed by atoms with Crippen LogP contribution in [-0.4, -0.2) is 24.1 Å². The van der Waals surface area contributed by atoms with Gasteiger partial charge in [0.25, 0.3) is 5.56 Å². The summed E-state index contributed by atoms with van der Waals surface area (Å²) in [5.74, 6) is 1.26. The zero-order valence-electron chi connectivity index (χ0n) is 17.0. The monoisotopic (exact) mass is 451 g/mol. The Labute approximate surface area is 186 Å². The number of fused-ring (bicyclic) bond motifs is 3. The number of thiazole rings is 1. The third kappa shape index (κ3) is 3.79. The molecule has 0 unspecified atom stereocenters. The fraction of sp³-hybridized carbons (Fsp3) is 0.273. The first-order chi connectivity index (χ1) is 15.3. The first-order valence-corrected chi connectivity index (χ1v) is 12.1. The van der Waals surface area contributed by atoms with Gasteiger partial charge in [0.2, 0.25) is 5.78 Å². The Hall–Kier alpha value is -2.91. The molecule has 31 heavy (non-hydrogen) atoms. The standard InChI is InChI=1S/C22H21N5O2S2/c1-2-3-6-10-26-20(28)17-7-4-5-8-18(17)27-21(26)24-25-22(27)31-14-16-13-30-19(23-16)15-9-11-29-12-15/h4-5,7-9,11-13H,2-3,6,10,14H2,1H3. The smallest absolute Gasteiger partial charge is 0.262 e. The first kappa shape index (κ1) is 20.0. The summed E-state index contributed by atoms with van der Waals surface area (Å²) < 4.78 is 8.91. The Balaban J connectivity index is 1.50. The average Bonchev–Trinajstić information content (AvgIpc) is 3.55. The summed E-state index contributed by atoms with van der Waals surface area (Å²) >= 11 is 3.17.